The molecule has 0 bridgehead atoms. The molecule has 1 saturated heterocycles. The predicted octanol–water partition coefficient (Wildman–Crippen LogP) is 1.59. The van der Waals surface area contributed by atoms with Crippen molar-refractivity contribution in [3.8, 4) is 0 Å². The normalized spacial score (nSPS) is 29.7. The van der Waals surface area contributed by atoms with Crippen LogP contribution in [0.1, 0.15) is 31.1 Å². The van der Waals surface area contributed by atoms with Crippen molar-refractivity contribution in [3.63, 3.8) is 0 Å². The number of hydrogen-bond acceptors (Lipinski definition) is 9. The second kappa shape index (κ2) is 9.76. The number of halogens is 1. The SMILES string of the molecule is OCC1OC(n2cnc3c(NC4CCCC4OCc4cccc(I)c4)ncnc32)[C@H](O)[C@@H]1O. The Balaban J connectivity index is 1.32. The summed E-state index contributed by atoms with van der Waals surface area (Å²) in [6.45, 7) is 0.160. The van der Waals surface area contributed by atoms with Crippen LogP contribution in [-0.2, 0) is 16.1 Å². The van der Waals surface area contributed by atoms with Crippen molar-refractivity contribution in [1.82, 2.24) is 19.5 Å². The molecule has 33 heavy (non-hydrogen) atoms. The van der Waals surface area contributed by atoms with Crippen LogP contribution in [0.3, 0.4) is 0 Å². The molecule has 11 heteroatoms. The minimum atomic E-state index is -1.21. The van der Waals surface area contributed by atoms with Crippen LogP contribution < -0.4 is 5.32 Å². The van der Waals surface area contributed by atoms with Gasteiger partial charge in [-0.15, -0.1) is 0 Å². The van der Waals surface area contributed by atoms with Crippen molar-refractivity contribution in [2.45, 2.75) is 62.6 Å². The molecule has 3 aromatic rings. The molecule has 2 fully saturated rings. The van der Waals surface area contributed by atoms with Crippen molar-refractivity contribution in [1.29, 1.82) is 0 Å². The van der Waals surface area contributed by atoms with Gasteiger partial charge in [0.25, 0.3) is 0 Å². The van der Waals surface area contributed by atoms with E-state index < -0.39 is 31.1 Å². The number of nitrogens with one attached hydrogen (secondary N) is 1. The summed E-state index contributed by atoms with van der Waals surface area (Å²) in [5.74, 6) is 0.584. The summed E-state index contributed by atoms with van der Waals surface area (Å²) in [6.07, 6.45) is 1.79. The van der Waals surface area contributed by atoms with Crippen LogP contribution in [0.25, 0.3) is 11.2 Å². The van der Waals surface area contributed by atoms with Crippen molar-refractivity contribution >= 4 is 39.6 Å². The summed E-state index contributed by atoms with van der Waals surface area (Å²) >= 11 is 2.30. The second-order valence-corrected chi connectivity index (χ2v) is 9.68. The number of benzene rings is 1. The highest BCUT2D eigenvalue weighted by Crippen LogP contribution is 2.33. The maximum atomic E-state index is 10.4. The topological polar surface area (TPSA) is 135 Å². The number of aliphatic hydroxyl groups excluding tert-OH is 3. The zero-order valence-corrected chi connectivity index (χ0v) is 19.9. The smallest absolute Gasteiger partial charge is 0.167 e. The van der Waals surface area contributed by atoms with Gasteiger partial charge in [-0.05, 0) is 59.5 Å². The van der Waals surface area contributed by atoms with Gasteiger partial charge < -0.3 is 30.1 Å². The molecular formula is C22H26IN5O5. The molecule has 10 nitrogen and oxygen atoms in total. The van der Waals surface area contributed by atoms with Gasteiger partial charge in [-0.2, -0.15) is 0 Å². The van der Waals surface area contributed by atoms with Crippen LogP contribution in [0.4, 0.5) is 5.82 Å². The fourth-order valence-electron chi connectivity index (χ4n) is 4.55. The first-order valence-electron chi connectivity index (χ1n) is 11.0. The van der Waals surface area contributed by atoms with E-state index in [1.165, 1.54) is 16.2 Å². The van der Waals surface area contributed by atoms with E-state index in [9.17, 15) is 15.3 Å². The average Bonchev–Trinajstić information content (AvgIpc) is 3.51. The molecule has 1 aromatic carbocycles. The summed E-state index contributed by atoms with van der Waals surface area (Å²) in [7, 11) is 0. The molecule has 2 aliphatic rings. The Labute approximate surface area is 204 Å². The molecule has 0 spiro atoms. The van der Waals surface area contributed by atoms with E-state index in [1.54, 1.807) is 4.57 Å². The highest BCUT2D eigenvalue weighted by Gasteiger charge is 2.44. The van der Waals surface area contributed by atoms with E-state index in [2.05, 4.69) is 61.1 Å². The van der Waals surface area contributed by atoms with E-state index in [1.807, 2.05) is 6.07 Å². The van der Waals surface area contributed by atoms with Gasteiger partial charge in [-0.25, -0.2) is 15.0 Å². The van der Waals surface area contributed by atoms with Crippen LogP contribution in [0.15, 0.2) is 36.9 Å². The molecule has 5 rings (SSSR count). The molecule has 4 unspecified atom stereocenters. The molecule has 1 saturated carbocycles. The Morgan fingerprint density at radius 3 is 2.85 bits per heavy atom. The highest BCUT2D eigenvalue weighted by molar-refractivity contribution is 14.1. The molecule has 0 radical (unpaired) electrons. The van der Waals surface area contributed by atoms with Gasteiger partial charge in [-0.1, -0.05) is 12.1 Å². The van der Waals surface area contributed by atoms with Crippen LogP contribution in [0.5, 0.6) is 0 Å². The number of imidazole rings is 1. The lowest BCUT2D eigenvalue weighted by Crippen LogP contribution is -2.33. The van der Waals surface area contributed by atoms with Gasteiger partial charge in [0.1, 0.15) is 24.6 Å². The number of ether oxygens (including phenoxy) is 2. The molecular weight excluding hydrogens is 541 g/mol. The first kappa shape index (κ1) is 22.9. The first-order valence-corrected chi connectivity index (χ1v) is 12.1. The second-order valence-electron chi connectivity index (χ2n) is 8.44. The third-order valence-electron chi connectivity index (χ3n) is 6.28. The first-order chi connectivity index (χ1) is 16.0. The lowest BCUT2D eigenvalue weighted by atomic mass is 10.1. The van der Waals surface area contributed by atoms with Gasteiger partial charge in [0, 0.05) is 3.57 Å². The Morgan fingerprint density at radius 2 is 2.06 bits per heavy atom. The lowest BCUT2D eigenvalue weighted by Gasteiger charge is -2.22. The van der Waals surface area contributed by atoms with E-state index in [4.69, 9.17) is 9.47 Å². The predicted molar refractivity (Wildman–Crippen MR) is 127 cm³/mol. The standard InChI is InChI=1S/C22H26IN5O5/c23-13-4-1-3-12(7-13)9-32-15-6-2-5-14(15)27-20-17-21(25-10-24-20)28(11-26-17)22-19(31)18(30)16(8-29)33-22/h1,3-4,7,10-11,14-16,18-19,22,29-31H,2,5-6,8-9H2,(H,24,25,27)/t14?,15?,16?,18-,19-,22?/m1/s1. The summed E-state index contributed by atoms with van der Waals surface area (Å²) in [4.78, 5) is 13.2. The van der Waals surface area contributed by atoms with Crippen molar-refractivity contribution in [3.05, 3.63) is 46.1 Å². The van der Waals surface area contributed by atoms with Gasteiger partial charge in [0.15, 0.2) is 23.2 Å². The summed E-state index contributed by atoms with van der Waals surface area (Å²) in [5, 5.41) is 33.3. The number of hydrogen-bond donors (Lipinski definition) is 4. The molecule has 3 heterocycles. The Morgan fingerprint density at radius 1 is 1.18 bits per heavy atom. The monoisotopic (exact) mass is 567 g/mol. The van der Waals surface area contributed by atoms with Crippen molar-refractivity contribution < 1.29 is 24.8 Å². The molecule has 0 amide bonds. The zero-order chi connectivity index (χ0) is 22.9. The van der Waals surface area contributed by atoms with Crippen LogP contribution in [0.2, 0.25) is 0 Å². The molecule has 6 atom stereocenters. The van der Waals surface area contributed by atoms with Crippen LogP contribution in [-0.4, -0.2) is 71.9 Å². The maximum Gasteiger partial charge on any atom is 0.167 e. The Bertz CT molecular complexity index is 1110. The largest absolute Gasteiger partial charge is 0.394 e. The lowest BCUT2D eigenvalue weighted by molar-refractivity contribution is -0.0511. The van der Waals surface area contributed by atoms with Crippen LogP contribution >= 0.6 is 22.6 Å². The third-order valence-corrected chi connectivity index (χ3v) is 6.95. The summed E-state index contributed by atoms with van der Waals surface area (Å²) < 4.78 is 14.6. The summed E-state index contributed by atoms with van der Waals surface area (Å²) in [5.41, 5.74) is 2.16. The number of aromatic nitrogens is 4. The molecule has 1 aliphatic heterocycles. The minimum absolute atomic E-state index is 0.0513. The van der Waals surface area contributed by atoms with E-state index in [0.29, 0.717) is 23.6 Å². The van der Waals surface area contributed by atoms with Gasteiger partial charge in [0.05, 0.1) is 31.7 Å². The van der Waals surface area contributed by atoms with Crippen LogP contribution in [0, 0.1) is 3.57 Å². The van der Waals surface area contributed by atoms with E-state index in [0.717, 1.165) is 24.8 Å². The molecule has 4 N–H and O–H groups in total. The number of rotatable bonds is 7. The summed E-state index contributed by atoms with van der Waals surface area (Å²) in [6, 6.07) is 8.37. The average molecular weight is 567 g/mol. The van der Waals surface area contributed by atoms with Crippen molar-refractivity contribution in [2.75, 3.05) is 11.9 Å². The fourth-order valence-corrected chi connectivity index (χ4v) is 5.16. The number of nitrogens with zero attached hydrogens (tertiary/aromatic N) is 4. The van der Waals surface area contributed by atoms with Crippen molar-refractivity contribution in [2.24, 2.45) is 0 Å². The van der Waals surface area contributed by atoms with Gasteiger partial charge in [-0.3, -0.25) is 4.57 Å². The van der Waals surface area contributed by atoms with Gasteiger partial charge >= 0.3 is 0 Å². The minimum Gasteiger partial charge on any atom is -0.394 e. The zero-order valence-electron chi connectivity index (χ0n) is 17.8. The third kappa shape index (κ3) is 4.57. The highest BCUT2D eigenvalue weighted by atomic mass is 127. The fraction of sp³-hybridized carbons (Fsp3) is 0.500. The molecule has 176 valence electrons. The number of anilines is 1. The van der Waals surface area contributed by atoms with E-state index in [-0.39, 0.29) is 12.1 Å². The Kier molecular flexibility index (Phi) is 6.77. The van der Waals surface area contributed by atoms with Gasteiger partial charge in [0.2, 0.25) is 0 Å². The number of aliphatic hydroxyl groups is 3. The van der Waals surface area contributed by atoms with E-state index >= 15 is 0 Å². The maximum absolute atomic E-state index is 10.4. The molecule has 1 aliphatic carbocycles. The quantitative estimate of drug-likeness (QED) is 0.314. The Hall–Kier alpha value is -1.90. The number of fused-ring (bicyclic) bond motifs is 1. The molecule has 2 aromatic heterocycles.